The van der Waals surface area contributed by atoms with Crippen LogP contribution in [0.4, 0.5) is 0 Å². The minimum atomic E-state index is 0.627. The van der Waals surface area contributed by atoms with Crippen molar-refractivity contribution in [3.8, 4) is 0 Å². The van der Waals surface area contributed by atoms with Crippen LogP contribution in [-0.4, -0.2) is 19.3 Å². The van der Waals surface area contributed by atoms with Crippen molar-refractivity contribution < 1.29 is 4.74 Å². The van der Waals surface area contributed by atoms with Crippen molar-refractivity contribution in [2.75, 3.05) is 13.2 Å². The minimum absolute atomic E-state index is 0.627. The van der Waals surface area contributed by atoms with Crippen molar-refractivity contribution in [2.24, 2.45) is 0 Å². The normalized spacial score (nSPS) is 17.6. The largest absolute Gasteiger partial charge is 0.381 e. The third-order valence-electron chi connectivity index (χ3n) is 3.36. The number of nitrogens with one attached hydrogen (secondary N) is 1. The van der Waals surface area contributed by atoms with Gasteiger partial charge in [0.25, 0.3) is 0 Å². The maximum atomic E-state index is 5.37. The van der Waals surface area contributed by atoms with Crippen molar-refractivity contribution in [2.45, 2.75) is 25.4 Å². The van der Waals surface area contributed by atoms with Gasteiger partial charge in [0.1, 0.15) is 0 Å². The Morgan fingerprint density at radius 2 is 2.06 bits per heavy atom. The van der Waals surface area contributed by atoms with Gasteiger partial charge in [0.05, 0.1) is 0 Å². The molecule has 3 rings (SSSR count). The lowest BCUT2D eigenvalue weighted by Gasteiger charge is -2.23. The molecule has 1 fully saturated rings. The van der Waals surface area contributed by atoms with Crippen LogP contribution in [0.15, 0.2) is 29.6 Å². The molecule has 2 aromatic rings. The summed E-state index contributed by atoms with van der Waals surface area (Å²) in [4.78, 5) is 0. The van der Waals surface area contributed by atoms with Gasteiger partial charge in [-0.1, -0.05) is 18.2 Å². The molecule has 1 N–H and O–H groups in total. The summed E-state index contributed by atoms with van der Waals surface area (Å²) >= 11 is 1.84. The lowest BCUT2D eigenvalue weighted by Crippen LogP contribution is -2.34. The second-order valence-corrected chi connectivity index (χ2v) is 5.44. The van der Waals surface area contributed by atoms with Gasteiger partial charge in [0, 0.05) is 30.5 Å². The van der Waals surface area contributed by atoms with Crippen LogP contribution in [0.1, 0.15) is 18.4 Å². The second-order valence-electron chi connectivity index (χ2n) is 4.52. The van der Waals surface area contributed by atoms with Gasteiger partial charge in [-0.15, -0.1) is 11.3 Å². The van der Waals surface area contributed by atoms with E-state index < -0.39 is 0 Å². The summed E-state index contributed by atoms with van der Waals surface area (Å²) in [5.74, 6) is 0. The quantitative estimate of drug-likeness (QED) is 0.899. The summed E-state index contributed by atoms with van der Waals surface area (Å²) < 4.78 is 6.75. The smallest absolute Gasteiger partial charge is 0.0480 e. The number of hydrogen-bond donors (Lipinski definition) is 1. The molecule has 0 bridgehead atoms. The van der Waals surface area contributed by atoms with Gasteiger partial charge in [-0.05, 0) is 35.2 Å². The Morgan fingerprint density at radius 1 is 1.24 bits per heavy atom. The molecule has 1 aliphatic rings. The van der Waals surface area contributed by atoms with Crippen LogP contribution in [0.25, 0.3) is 10.1 Å². The molecule has 0 atom stereocenters. The number of rotatable bonds is 3. The van der Waals surface area contributed by atoms with E-state index in [4.69, 9.17) is 4.74 Å². The maximum Gasteiger partial charge on any atom is 0.0480 e. The fourth-order valence-corrected chi connectivity index (χ4v) is 3.29. The third kappa shape index (κ3) is 2.51. The first-order valence-corrected chi connectivity index (χ1v) is 7.08. The van der Waals surface area contributed by atoms with Gasteiger partial charge >= 0.3 is 0 Å². The maximum absolute atomic E-state index is 5.37. The fraction of sp³-hybridized carbons (Fsp3) is 0.429. The highest BCUT2D eigenvalue weighted by Gasteiger charge is 2.13. The van der Waals surface area contributed by atoms with Gasteiger partial charge in [0.2, 0.25) is 0 Å². The predicted molar refractivity (Wildman–Crippen MR) is 72.5 cm³/mol. The molecular weight excluding hydrogens is 230 g/mol. The standard InChI is InChI=1S/C14H17NOS/c1-2-4-14-13(3-1)11(10-17-14)9-15-12-5-7-16-8-6-12/h1-4,10,12,15H,5-9H2. The predicted octanol–water partition coefficient (Wildman–Crippen LogP) is 3.17. The zero-order valence-corrected chi connectivity index (χ0v) is 10.6. The van der Waals surface area contributed by atoms with Gasteiger partial charge in [-0.3, -0.25) is 0 Å². The average molecular weight is 247 g/mol. The highest BCUT2D eigenvalue weighted by atomic mass is 32.1. The molecular formula is C14H17NOS. The summed E-state index contributed by atoms with van der Waals surface area (Å²) in [7, 11) is 0. The Balaban J connectivity index is 1.68. The SMILES string of the molecule is c1ccc2c(CNC3CCOCC3)csc2c1. The Labute approximate surface area is 106 Å². The highest BCUT2D eigenvalue weighted by molar-refractivity contribution is 7.17. The van der Waals surface area contributed by atoms with Gasteiger partial charge in [0.15, 0.2) is 0 Å². The molecule has 2 heterocycles. The molecule has 90 valence electrons. The van der Waals surface area contributed by atoms with Crippen LogP contribution in [0.5, 0.6) is 0 Å². The van der Waals surface area contributed by atoms with Crippen LogP contribution in [0, 0.1) is 0 Å². The lowest BCUT2D eigenvalue weighted by molar-refractivity contribution is 0.0776. The minimum Gasteiger partial charge on any atom is -0.381 e. The van der Waals surface area contributed by atoms with Gasteiger partial charge in [-0.25, -0.2) is 0 Å². The molecule has 17 heavy (non-hydrogen) atoms. The van der Waals surface area contributed by atoms with E-state index in [0.717, 1.165) is 32.6 Å². The Kier molecular flexibility index (Phi) is 3.41. The monoisotopic (exact) mass is 247 g/mol. The Hall–Kier alpha value is -0.900. The molecule has 2 nitrogen and oxygen atoms in total. The van der Waals surface area contributed by atoms with Crippen molar-refractivity contribution in [1.29, 1.82) is 0 Å². The number of thiophene rings is 1. The molecule has 0 aliphatic carbocycles. The van der Waals surface area contributed by atoms with Crippen molar-refractivity contribution >= 4 is 21.4 Å². The highest BCUT2D eigenvalue weighted by Crippen LogP contribution is 2.25. The Morgan fingerprint density at radius 3 is 2.94 bits per heavy atom. The zero-order valence-electron chi connectivity index (χ0n) is 9.82. The van der Waals surface area contributed by atoms with Crippen LogP contribution >= 0.6 is 11.3 Å². The first-order valence-electron chi connectivity index (χ1n) is 6.20. The molecule has 3 heteroatoms. The number of fused-ring (bicyclic) bond motifs is 1. The average Bonchev–Trinajstić information content (AvgIpc) is 2.81. The molecule has 0 spiro atoms. The van der Waals surface area contributed by atoms with Crippen LogP contribution in [-0.2, 0) is 11.3 Å². The van der Waals surface area contributed by atoms with E-state index in [1.165, 1.54) is 15.6 Å². The molecule has 1 saturated heterocycles. The lowest BCUT2D eigenvalue weighted by atomic mass is 10.1. The van der Waals surface area contributed by atoms with Crippen molar-refractivity contribution in [3.63, 3.8) is 0 Å². The molecule has 0 unspecified atom stereocenters. The van der Waals surface area contributed by atoms with Crippen LogP contribution in [0.2, 0.25) is 0 Å². The molecule has 1 aliphatic heterocycles. The van der Waals surface area contributed by atoms with Crippen molar-refractivity contribution in [1.82, 2.24) is 5.32 Å². The Bertz CT molecular complexity index is 488. The van der Waals surface area contributed by atoms with E-state index in [1.807, 2.05) is 11.3 Å². The van der Waals surface area contributed by atoms with E-state index in [9.17, 15) is 0 Å². The first kappa shape index (κ1) is 11.2. The summed E-state index contributed by atoms with van der Waals surface area (Å²) in [6.45, 7) is 2.79. The molecule has 0 radical (unpaired) electrons. The number of ether oxygens (including phenoxy) is 1. The second kappa shape index (κ2) is 5.17. The molecule has 1 aromatic heterocycles. The molecule has 0 saturated carbocycles. The number of hydrogen-bond acceptors (Lipinski definition) is 3. The summed E-state index contributed by atoms with van der Waals surface area (Å²) in [6, 6.07) is 9.26. The van der Waals surface area contributed by atoms with Gasteiger partial charge in [-0.2, -0.15) is 0 Å². The van der Waals surface area contributed by atoms with Crippen molar-refractivity contribution in [3.05, 3.63) is 35.2 Å². The zero-order chi connectivity index (χ0) is 11.5. The van der Waals surface area contributed by atoms with E-state index in [-0.39, 0.29) is 0 Å². The number of benzene rings is 1. The van der Waals surface area contributed by atoms with Gasteiger partial charge < -0.3 is 10.1 Å². The van der Waals surface area contributed by atoms with Crippen LogP contribution in [0.3, 0.4) is 0 Å². The van der Waals surface area contributed by atoms with E-state index in [1.54, 1.807) is 0 Å². The van der Waals surface area contributed by atoms with E-state index >= 15 is 0 Å². The summed E-state index contributed by atoms with van der Waals surface area (Å²) in [6.07, 6.45) is 2.28. The fourth-order valence-electron chi connectivity index (χ4n) is 2.33. The third-order valence-corrected chi connectivity index (χ3v) is 4.38. The summed E-state index contributed by atoms with van der Waals surface area (Å²) in [5.41, 5.74) is 1.43. The summed E-state index contributed by atoms with van der Waals surface area (Å²) in [5, 5.41) is 7.32. The van der Waals surface area contributed by atoms with E-state index in [0.29, 0.717) is 6.04 Å². The molecule has 1 aromatic carbocycles. The topological polar surface area (TPSA) is 21.3 Å². The first-order chi connectivity index (χ1) is 8.43. The van der Waals surface area contributed by atoms with E-state index in [2.05, 4.69) is 35.0 Å². The molecule has 0 amide bonds. The van der Waals surface area contributed by atoms with Crippen LogP contribution < -0.4 is 5.32 Å².